The molecule has 0 aromatic carbocycles. The largest absolute Gasteiger partial charge is 0.350 e. The van der Waals surface area contributed by atoms with Crippen LogP contribution < -0.4 is 5.32 Å². The van der Waals surface area contributed by atoms with Crippen molar-refractivity contribution in [2.24, 2.45) is 0 Å². The molecule has 0 aliphatic carbocycles. The molecular formula is C14H12N4S. The van der Waals surface area contributed by atoms with Crippen LogP contribution in [0.2, 0.25) is 0 Å². The van der Waals surface area contributed by atoms with Gasteiger partial charge in [-0.15, -0.1) is 11.3 Å². The van der Waals surface area contributed by atoms with Crippen molar-refractivity contribution in [3.05, 3.63) is 59.9 Å². The van der Waals surface area contributed by atoms with Crippen LogP contribution in [0.25, 0.3) is 10.6 Å². The first-order valence-corrected chi connectivity index (χ1v) is 6.79. The van der Waals surface area contributed by atoms with Gasteiger partial charge in [0.05, 0.1) is 10.6 Å². The summed E-state index contributed by atoms with van der Waals surface area (Å²) in [4.78, 5) is 13.9. The van der Waals surface area contributed by atoms with Crippen molar-refractivity contribution in [2.45, 2.75) is 6.54 Å². The van der Waals surface area contributed by atoms with Crippen molar-refractivity contribution in [2.75, 3.05) is 5.32 Å². The summed E-state index contributed by atoms with van der Waals surface area (Å²) in [6.07, 6.45) is 5.36. The quantitative estimate of drug-likeness (QED) is 0.789. The standard InChI is InChI=1S/C14H12N4S/c1-3-11(9-15-6-1)10-17-14-16-7-5-12(18-14)13-4-2-8-19-13/h1-9H,10H2,(H,16,17,18). The van der Waals surface area contributed by atoms with E-state index in [1.54, 1.807) is 23.7 Å². The monoisotopic (exact) mass is 268 g/mol. The van der Waals surface area contributed by atoms with Crippen LogP contribution in [-0.4, -0.2) is 15.0 Å². The lowest BCUT2D eigenvalue weighted by Crippen LogP contribution is -2.03. The minimum absolute atomic E-state index is 0.634. The molecule has 19 heavy (non-hydrogen) atoms. The van der Waals surface area contributed by atoms with E-state index < -0.39 is 0 Å². The SMILES string of the molecule is c1cncc(CNc2nccc(-c3cccs3)n2)c1. The van der Waals surface area contributed by atoms with E-state index >= 15 is 0 Å². The Bertz CT molecular complexity index is 638. The summed E-state index contributed by atoms with van der Waals surface area (Å²) < 4.78 is 0. The molecule has 0 saturated heterocycles. The third-order valence-electron chi connectivity index (χ3n) is 2.60. The van der Waals surface area contributed by atoms with Crippen LogP contribution in [0, 0.1) is 0 Å². The third kappa shape index (κ3) is 2.95. The van der Waals surface area contributed by atoms with Gasteiger partial charge in [0.15, 0.2) is 0 Å². The fourth-order valence-electron chi connectivity index (χ4n) is 1.69. The second kappa shape index (κ2) is 5.58. The number of anilines is 1. The molecule has 0 amide bonds. The fourth-order valence-corrected chi connectivity index (χ4v) is 2.38. The highest BCUT2D eigenvalue weighted by atomic mass is 32.1. The van der Waals surface area contributed by atoms with Gasteiger partial charge < -0.3 is 5.32 Å². The molecule has 94 valence electrons. The lowest BCUT2D eigenvalue weighted by molar-refractivity contribution is 1.04. The second-order valence-electron chi connectivity index (χ2n) is 3.96. The minimum Gasteiger partial charge on any atom is -0.350 e. The number of hydrogen-bond acceptors (Lipinski definition) is 5. The van der Waals surface area contributed by atoms with Crippen LogP contribution in [0.15, 0.2) is 54.3 Å². The van der Waals surface area contributed by atoms with E-state index in [-0.39, 0.29) is 0 Å². The van der Waals surface area contributed by atoms with Gasteiger partial charge in [-0.05, 0) is 29.1 Å². The molecule has 3 aromatic rings. The number of nitrogens with one attached hydrogen (secondary N) is 1. The summed E-state index contributed by atoms with van der Waals surface area (Å²) in [6, 6.07) is 9.92. The number of thiophene rings is 1. The lowest BCUT2D eigenvalue weighted by atomic mass is 10.3. The van der Waals surface area contributed by atoms with Gasteiger partial charge in [0.2, 0.25) is 5.95 Å². The first-order valence-electron chi connectivity index (χ1n) is 5.91. The number of aromatic nitrogens is 3. The van der Waals surface area contributed by atoms with Gasteiger partial charge in [0.1, 0.15) is 0 Å². The van der Waals surface area contributed by atoms with Crippen LogP contribution >= 0.6 is 11.3 Å². The molecule has 0 bridgehead atoms. The van der Waals surface area contributed by atoms with Crippen LogP contribution in [-0.2, 0) is 6.54 Å². The van der Waals surface area contributed by atoms with Crippen molar-refractivity contribution < 1.29 is 0 Å². The summed E-state index contributed by atoms with van der Waals surface area (Å²) in [5.41, 5.74) is 2.05. The van der Waals surface area contributed by atoms with Crippen LogP contribution in [0.1, 0.15) is 5.56 Å². The minimum atomic E-state index is 0.634. The maximum Gasteiger partial charge on any atom is 0.223 e. The van der Waals surface area contributed by atoms with E-state index in [2.05, 4.69) is 26.3 Å². The average Bonchev–Trinajstić information content (AvgIpc) is 3.01. The Kier molecular flexibility index (Phi) is 3.47. The smallest absolute Gasteiger partial charge is 0.223 e. The number of pyridine rings is 1. The van der Waals surface area contributed by atoms with E-state index in [1.807, 2.05) is 35.8 Å². The maximum atomic E-state index is 4.50. The highest BCUT2D eigenvalue weighted by molar-refractivity contribution is 7.13. The normalized spacial score (nSPS) is 10.3. The zero-order valence-electron chi connectivity index (χ0n) is 10.2. The number of hydrogen-bond donors (Lipinski definition) is 1. The summed E-state index contributed by atoms with van der Waals surface area (Å²) in [5, 5.41) is 5.25. The van der Waals surface area contributed by atoms with E-state index in [1.165, 1.54) is 0 Å². The molecule has 4 nitrogen and oxygen atoms in total. The predicted octanol–water partition coefficient (Wildman–Crippen LogP) is 3.21. The van der Waals surface area contributed by atoms with Crippen LogP contribution in [0.5, 0.6) is 0 Å². The molecule has 0 fully saturated rings. The number of nitrogens with zero attached hydrogens (tertiary/aromatic N) is 3. The van der Waals surface area contributed by atoms with E-state index in [9.17, 15) is 0 Å². The Hall–Kier alpha value is -2.27. The highest BCUT2D eigenvalue weighted by Crippen LogP contribution is 2.22. The average molecular weight is 268 g/mol. The molecule has 0 radical (unpaired) electrons. The van der Waals surface area contributed by atoms with E-state index in [0.29, 0.717) is 12.5 Å². The molecule has 1 N–H and O–H groups in total. The molecule has 0 atom stereocenters. The van der Waals surface area contributed by atoms with Crippen molar-refractivity contribution in [1.29, 1.82) is 0 Å². The topological polar surface area (TPSA) is 50.7 Å². The Labute approximate surface area is 115 Å². The van der Waals surface area contributed by atoms with Gasteiger partial charge in [-0.25, -0.2) is 9.97 Å². The Morgan fingerprint density at radius 1 is 1.11 bits per heavy atom. The Balaban J connectivity index is 1.74. The molecule has 0 unspecified atom stereocenters. The van der Waals surface area contributed by atoms with Gasteiger partial charge in [0, 0.05) is 25.1 Å². The molecule has 3 aromatic heterocycles. The van der Waals surface area contributed by atoms with Crippen LogP contribution in [0.4, 0.5) is 5.95 Å². The first kappa shape index (κ1) is 11.8. The predicted molar refractivity (Wildman–Crippen MR) is 76.9 cm³/mol. The summed E-state index contributed by atoms with van der Waals surface area (Å²) >= 11 is 1.67. The first-order chi connectivity index (χ1) is 9.42. The molecule has 3 rings (SSSR count). The van der Waals surface area contributed by atoms with Gasteiger partial charge in [-0.2, -0.15) is 0 Å². The van der Waals surface area contributed by atoms with E-state index in [0.717, 1.165) is 16.1 Å². The van der Waals surface area contributed by atoms with E-state index in [4.69, 9.17) is 0 Å². The van der Waals surface area contributed by atoms with Crippen molar-refractivity contribution in [3.8, 4) is 10.6 Å². The molecule has 5 heteroatoms. The summed E-state index contributed by atoms with van der Waals surface area (Å²) in [7, 11) is 0. The maximum absolute atomic E-state index is 4.50. The lowest BCUT2D eigenvalue weighted by Gasteiger charge is -2.05. The van der Waals surface area contributed by atoms with Crippen molar-refractivity contribution in [1.82, 2.24) is 15.0 Å². The molecule has 0 aliphatic heterocycles. The van der Waals surface area contributed by atoms with Gasteiger partial charge >= 0.3 is 0 Å². The second-order valence-corrected chi connectivity index (χ2v) is 4.91. The van der Waals surface area contributed by atoms with Gasteiger partial charge in [0.25, 0.3) is 0 Å². The van der Waals surface area contributed by atoms with Gasteiger partial charge in [-0.1, -0.05) is 12.1 Å². The summed E-state index contributed by atoms with van der Waals surface area (Å²) in [6.45, 7) is 0.668. The number of rotatable bonds is 4. The molecule has 0 spiro atoms. The molecule has 0 saturated carbocycles. The Morgan fingerprint density at radius 3 is 2.89 bits per heavy atom. The highest BCUT2D eigenvalue weighted by Gasteiger charge is 2.02. The van der Waals surface area contributed by atoms with Crippen molar-refractivity contribution >= 4 is 17.3 Å². The van der Waals surface area contributed by atoms with Crippen LogP contribution in [0.3, 0.4) is 0 Å². The van der Waals surface area contributed by atoms with Crippen molar-refractivity contribution in [3.63, 3.8) is 0 Å². The zero-order chi connectivity index (χ0) is 12.9. The summed E-state index contributed by atoms with van der Waals surface area (Å²) in [5.74, 6) is 0.634. The molecule has 3 heterocycles. The molecular weight excluding hydrogens is 256 g/mol. The third-order valence-corrected chi connectivity index (χ3v) is 3.49. The Morgan fingerprint density at radius 2 is 2.11 bits per heavy atom. The zero-order valence-corrected chi connectivity index (χ0v) is 11.0. The fraction of sp³-hybridized carbons (Fsp3) is 0.0714. The van der Waals surface area contributed by atoms with Gasteiger partial charge in [-0.3, -0.25) is 4.98 Å². The molecule has 0 aliphatic rings.